The normalized spacial score (nSPS) is 18.5. The van der Waals surface area contributed by atoms with Crippen LogP contribution in [0.1, 0.15) is 26.7 Å². The van der Waals surface area contributed by atoms with Crippen LogP contribution in [0.5, 0.6) is 0 Å². The highest BCUT2D eigenvalue weighted by Crippen LogP contribution is 2.18. The molecule has 0 bridgehead atoms. The van der Waals surface area contributed by atoms with E-state index in [2.05, 4.69) is 18.7 Å². The fraction of sp³-hybridized carbons (Fsp3) is 0.909. The van der Waals surface area contributed by atoms with Crippen molar-refractivity contribution >= 4 is 28.3 Å². The van der Waals surface area contributed by atoms with Gasteiger partial charge in [0.1, 0.15) is 9.76 Å². The Morgan fingerprint density at radius 2 is 2.19 bits per heavy atom. The summed E-state index contributed by atoms with van der Waals surface area (Å²) in [6, 6.07) is 0. The second-order valence-corrected chi connectivity index (χ2v) is 5.71. The van der Waals surface area contributed by atoms with Crippen molar-refractivity contribution in [3.63, 3.8) is 0 Å². The third kappa shape index (κ3) is 5.48. The Morgan fingerprint density at radius 3 is 2.81 bits per heavy atom. The molecule has 0 aromatic carbocycles. The molecule has 0 radical (unpaired) electrons. The summed E-state index contributed by atoms with van der Waals surface area (Å²) < 4.78 is 11.9. The smallest absolute Gasteiger partial charge is 0.139 e. The van der Waals surface area contributed by atoms with Crippen LogP contribution in [0.25, 0.3) is 0 Å². The van der Waals surface area contributed by atoms with E-state index >= 15 is 0 Å². The maximum absolute atomic E-state index is 5.66. The molecule has 1 aliphatic heterocycles. The topological polar surface area (TPSA) is 21.7 Å². The molecule has 1 heterocycles. The lowest BCUT2D eigenvalue weighted by molar-refractivity contribution is 0.0700. The number of ether oxygens (including phenoxy) is 2. The molecular weight excluding hydrogens is 242 g/mol. The lowest BCUT2D eigenvalue weighted by Crippen LogP contribution is -2.39. The van der Waals surface area contributed by atoms with E-state index < -0.39 is 0 Å². The maximum atomic E-state index is 5.66. The van der Waals surface area contributed by atoms with E-state index in [0.29, 0.717) is 0 Å². The molecule has 1 saturated heterocycles. The van der Waals surface area contributed by atoms with Crippen LogP contribution in [-0.4, -0.2) is 47.6 Å². The third-order valence-corrected chi connectivity index (χ3v) is 3.86. The van der Waals surface area contributed by atoms with E-state index in [-0.39, 0.29) is 5.44 Å². The minimum absolute atomic E-state index is 0.155. The highest BCUT2D eigenvalue weighted by molar-refractivity contribution is 8.23. The van der Waals surface area contributed by atoms with Crippen LogP contribution in [0.4, 0.5) is 0 Å². The van der Waals surface area contributed by atoms with Gasteiger partial charge < -0.3 is 14.4 Å². The Hall–Kier alpha value is 0.160. The third-order valence-electron chi connectivity index (χ3n) is 2.39. The quantitative estimate of drug-likeness (QED) is 0.430. The first kappa shape index (κ1) is 14.2. The summed E-state index contributed by atoms with van der Waals surface area (Å²) in [5.74, 6) is 0. The summed E-state index contributed by atoms with van der Waals surface area (Å²) in [6.07, 6.45) is 2.29. The Morgan fingerprint density at radius 1 is 1.50 bits per heavy atom. The van der Waals surface area contributed by atoms with Gasteiger partial charge in [0.15, 0.2) is 0 Å². The predicted molar refractivity (Wildman–Crippen MR) is 72.9 cm³/mol. The van der Waals surface area contributed by atoms with Crippen LogP contribution in [0.2, 0.25) is 0 Å². The lowest BCUT2D eigenvalue weighted by atomic mass is 10.4. The molecule has 1 aliphatic rings. The molecule has 16 heavy (non-hydrogen) atoms. The predicted octanol–water partition coefficient (Wildman–Crippen LogP) is 2.50. The zero-order valence-electron chi connectivity index (χ0n) is 10.1. The van der Waals surface area contributed by atoms with E-state index in [0.717, 1.165) is 43.7 Å². The van der Waals surface area contributed by atoms with Gasteiger partial charge in [-0.1, -0.05) is 37.3 Å². The van der Waals surface area contributed by atoms with Gasteiger partial charge in [0, 0.05) is 19.7 Å². The highest BCUT2D eigenvalue weighted by atomic mass is 32.2. The van der Waals surface area contributed by atoms with Crippen molar-refractivity contribution in [2.75, 3.05) is 32.9 Å². The summed E-state index contributed by atoms with van der Waals surface area (Å²) >= 11 is 7.02. The van der Waals surface area contributed by atoms with Crippen molar-refractivity contribution in [2.24, 2.45) is 0 Å². The number of thioether (sulfide) groups is 1. The van der Waals surface area contributed by atoms with E-state index in [1.807, 2.05) is 0 Å². The largest absolute Gasteiger partial charge is 0.378 e. The summed E-state index contributed by atoms with van der Waals surface area (Å²) in [4.78, 5) is 2.20. The van der Waals surface area contributed by atoms with Crippen LogP contribution < -0.4 is 0 Å². The minimum Gasteiger partial charge on any atom is -0.378 e. The number of morpholine rings is 1. The molecule has 0 saturated carbocycles. The second-order valence-electron chi connectivity index (χ2n) is 3.78. The number of nitrogens with zero attached hydrogens (tertiary/aromatic N) is 1. The second kappa shape index (κ2) is 8.28. The van der Waals surface area contributed by atoms with Gasteiger partial charge in [0.25, 0.3) is 0 Å². The number of thiocarbonyl (C=S) groups is 1. The van der Waals surface area contributed by atoms with Gasteiger partial charge in [0.2, 0.25) is 0 Å². The minimum atomic E-state index is 0.155. The van der Waals surface area contributed by atoms with Gasteiger partial charge in [-0.2, -0.15) is 0 Å². The fourth-order valence-corrected chi connectivity index (χ4v) is 2.76. The molecule has 0 aromatic heterocycles. The Kier molecular flexibility index (Phi) is 7.36. The average Bonchev–Trinajstić information content (AvgIpc) is 2.30. The molecule has 1 rings (SSSR count). The molecule has 94 valence electrons. The standard InChI is InChI=1S/C11H21NO2S2/c1-3-4-7-14-10(2)16-11(15)12-5-8-13-9-6-12/h10H,3-9H2,1-2H3. The van der Waals surface area contributed by atoms with Crippen LogP contribution in [0.15, 0.2) is 0 Å². The van der Waals surface area contributed by atoms with Gasteiger partial charge in [-0.15, -0.1) is 0 Å². The molecule has 0 spiro atoms. The molecule has 5 heteroatoms. The lowest BCUT2D eigenvalue weighted by Gasteiger charge is -2.29. The molecular formula is C11H21NO2S2. The van der Waals surface area contributed by atoms with Crippen molar-refractivity contribution in [3.05, 3.63) is 0 Å². The van der Waals surface area contributed by atoms with E-state index in [9.17, 15) is 0 Å². The van der Waals surface area contributed by atoms with Gasteiger partial charge in [-0.25, -0.2) is 0 Å². The zero-order chi connectivity index (χ0) is 11.8. The van der Waals surface area contributed by atoms with Crippen LogP contribution in [0, 0.1) is 0 Å². The first-order valence-electron chi connectivity index (χ1n) is 5.89. The Balaban J connectivity index is 2.16. The van der Waals surface area contributed by atoms with Crippen molar-refractivity contribution < 1.29 is 9.47 Å². The van der Waals surface area contributed by atoms with Crippen molar-refractivity contribution in [1.82, 2.24) is 4.90 Å². The van der Waals surface area contributed by atoms with Gasteiger partial charge in [0.05, 0.1) is 13.2 Å². The number of rotatable bonds is 5. The molecule has 1 atom stereocenters. The molecule has 3 nitrogen and oxygen atoms in total. The molecule has 0 N–H and O–H groups in total. The first-order chi connectivity index (χ1) is 7.74. The molecule has 1 unspecified atom stereocenters. The Labute approximate surface area is 108 Å². The van der Waals surface area contributed by atoms with E-state index in [1.165, 1.54) is 6.42 Å². The van der Waals surface area contributed by atoms with Crippen LogP contribution >= 0.6 is 24.0 Å². The SMILES string of the molecule is CCCCOC(C)SC(=S)N1CCOCC1. The summed E-state index contributed by atoms with van der Waals surface area (Å²) in [7, 11) is 0. The van der Waals surface area contributed by atoms with Gasteiger partial charge in [-0.3, -0.25) is 0 Å². The maximum Gasteiger partial charge on any atom is 0.139 e. The monoisotopic (exact) mass is 263 g/mol. The van der Waals surface area contributed by atoms with E-state index in [1.54, 1.807) is 11.8 Å². The molecule has 0 aromatic rings. The molecule has 0 aliphatic carbocycles. The first-order valence-corrected chi connectivity index (χ1v) is 7.17. The number of hydrogen-bond donors (Lipinski definition) is 0. The number of unbranched alkanes of at least 4 members (excludes halogenated alkanes) is 1. The van der Waals surface area contributed by atoms with Gasteiger partial charge >= 0.3 is 0 Å². The van der Waals surface area contributed by atoms with Crippen molar-refractivity contribution in [2.45, 2.75) is 32.1 Å². The Bertz CT molecular complexity index is 208. The summed E-state index contributed by atoms with van der Waals surface area (Å²) in [5, 5.41) is 0. The highest BCUT2D eigenvalue weighted by Gasteiger charge is 2.16. The molecule has 0 amide bonds. The number of hydrogen-bond acceptors (Lipinski definition) is 4. The molecule has 1 fully saturated rings. The van der Waals surface area contributed by atoms with Crippen molar-refractivity contribution in [1.29, 1.82) is 0 Å². The van der Waals surface area contributed by atoms with Crippen LogP contribution in [-0.2, 0) is 9.47 Å². The summed E-state index contributed by atoms with van der Waals surface area (Å²) in [5.41, 5.74) is 0.155. The average molecular weight is 263 g/mol. The fourth-order valence-electron chi connectivity index (χ4n) is 1.39. The van der Waals surface area contributed by atoms with Crippen LogP contribution in [0.3, 0.4) is 0 Å². The van der Waals surface area contributed by atoms with E-state index in [4.69, 9.17) is 21.7 Å². The van der Waals surface area contributed by atoms with Crippen molar-refractivity contribution in [3.8, 4) is 0 Å². The van der Waals surface area contributed by atoms with Gasteiger partial charge in [-0.05, 0) is 13.3 Å². The zero-order valence-corrected chi connectivity index (χ0v) is 11.7. The summed E-state index contributed by atoms with van der Waals surface area (Å²) in [6.45, 7) is 8.45.